The molecule has 0 aromatic carbocycles. The Bertz CT molecular complexity index is 295. The van der Waals surface area contributed by atoms with E-state index >= 15 is 0 Å². The summed E-state index contributed by atoms with van der Waals surface area (Å²) in [6, 6.07) is 0. The maximum absolute atomic E-state index is 11.9. The molecule has 4 nitrogen and oxygen atoms in total. The van der Waals surface area contributed by atoms with Crippen LogP contribution >= 0.6 is 0 Å². The lowest BCUT2D eigenvalue weighted by Crippen LogP contribution is -2.55. The number of rotatable bonds is 6. The fourth-order valence-corrected chi connectivity index (χ4v) is 4.01. The first-order valence-electron chi connectivity index (χ1n) is 6.25. The van der Waals surface area contributed by atoms with Gasteiger partial charge in [0.15, 0.2) is 0 Å². The van der Waals surface area contributed by atoms with E-state index in [0.717, 1.165) is 38.5 Å². The summed E-state index contributed by atoms with van der Waals surface area (Å²) in [6.45, 7) is 2.41. The highest BCUT2D eigenvalue weighted by molar-refractivity contribution is 7.89. The van der Waals surface area contributed by atoms with Crippen molar-refractivity contribution < 1.29 is 8.42 Å². The summed E-state index contributed by atoms with van der Waals surface area (Å²) in [6.07, 6.45) is 6.73. The predicted octanol–water partition coefficient (Wildman–Crippen LogP) is 1.37. The second-order valence-corrected chi connectivity index (χ2v) is 6.66. The largest absolute Gasteiger partial charge is 0.329 e. The van der Waals surface area contributed by atoms with Gasteiger partial charge in [-0.1, -0.05) is 32.6 Å². The summed E-state index contributed by atoms with van der Waals surface area (Å²) in [4.78, 5) is 0. The molecule has 1 fully saturated rings. The third-order valence-corrected chi connectivity index (χ3v) is 4.91. The van der Waals surface area contributed by atoms with Gasteiger partial charge in [-0.15, -0.1) is 0 Å². The molecule has 0 aliphatic heterocycles. The zero-order valence-corrected chi connectivity index (χ0v) is 11.0. The molecule has 0 unspecified atom stereocenters. The van der Waals surface area contributed by atoms with Crippen LogP contribution in [-0.2, 0) is 10.0 Å². The minimum absolute atomic E-state index is 0.227. The number of hydrogen-bond acceptors (Lipinski definition) is 3. The van der Waals surface area contributed by atoms with Gasteiger partial charge < -0.3 is 5.73 Å². The second-order valence-electron chi connectivity index (χ2n) is 4.82. The number of sulfonamides is 1. The highest BCUT2D eigenvalue weighted by Crippen LogP contribution is 2.28. The zero-order valence-electron chi connectivity index (χ0n) is 10.2. The van der Waals surface area contributed by atoms with Crippen LogP contribution in [0.5, 0.6) is 0 Å². The fourth-order valence-electron chi connectivity index (χ4n) is 2.29. The molecule has 0 radical (unpaired) electrons. The van der Waals surface area contributed by atoms with E-state index in [9.17, 15) is 8.42 Å². The molecule has 0 aromatic heterocycles. The predicted molar refractivity (Wildman–Crippen MR) is 66.7 cm³/mol. The van der Waals surface area contributed by atoms with Crippen LogP contribution in [0.2, 0.25) is 0 Å². The van der Waals surface area contributed by atoms with Crippen molar-refractivity contribution >= 4 is 10.0 Å². The molecule has 1 saturated carbocycles. The highest BCUT2D eigenvalue weighted by Gasteiger charge is 2.34. The Kier molecular flexibility index (Phi) is 5.21. The van der Waals surface area contributed by atoms with Gasteiger partial charge in [-0.25, -0.2) is 13.1 Å². The molecule has 0 atom stereocenters. The molecule has 0 saturated heterocycles. The molecule has 0 spiro atoms. The molecular weight excluding hydrogens is 224 g/mol. The minimum atomic E-state index is -3.14. The summed E-state index contributed by atoms with van der Waals surface area (Å²) in [5.41, 5.74) is 5.39. The van der Waals surface area contributed by atoms with E-state index in [4.69, 9.17) is 5.73 Å². The quantitative estimate of drug-likeness (QED) is 0.745. The average Bonchev–Trinajstić information content (AvgIpc) is 2.27. The van der Waals surface area contributed by atoms with Crippen molar-refractivity contribution in [2.24, 2.45) is 5.73 Å². The summed E-state index contributed by atoms with van der Waals surface area (Å²) in [7, 11) is -3.14. The summed E-state index contributed by atoms with van der Waals surface area (Å²) in [5, 5.41) is 0. The van der Waals surface area contributed by atoms with Crippen molar-refractivity contribution in [1.82, 2.24) is 4.72 Å². The molecule has 96 valence electrons. The lowest BCUT2D eigenvalue weighted by Gasteiger charge is -2.36. The molecule has 0 heterocycles. The number of nitrogens with two attached hydrogens (primary N) is 1. The van der Waals surface area contributed by atoms with E-state index < -0.39 is 10.0 Å². The van der Waals surface area contributed by atoms with Gasteiger partial charge in [0.05, 0.1) is 5.75 Å². The Labute approximate surface area is 99.0 Å². The number of hydrogen-bond donors (Lipinski definition) is 2. The highest BCUT2D eigenvalue weighted by atomic mass is 32.2. The minimum Gasteiger partial charge on any atom is -0.329 e. The van der Waals surface area contributed by atoms with Gasteiger partial charge in [0, 0.05) is 12.1 Å². The molecule has 0 aromatic rings. The monoisotopic (exact) mass is 248 g/mol. The van der Waals surface area contributed by atoms with Crippen molar-refractivity contribution in [3.05, 3.63) is 0 Å². The van der Waals surface area contributed by atoms with Gasteiger partial charge in [0.25, 0.3) is 0 Å². The summed E-state index contributed by atoms with van der Waals surface area (Å²) in [5.74, 6) is 0.227. The van der Waals surface area contributed by atoms with Crippen LogP contribution in [0.15, 0.2) is 0 Å². The first kappa shape index (κ1) is 13.9. The van der Waals surface area contributed by atoms with E-state index in [1.54, 1.807) is 0 Å². The normalized spacial score (nSPS) is 20.9. The van der Waals surface area contributed by atoms with Crippen molar-refractivity contribution in [3.63, 3.8) is 0 Å². The first-order chi connectivity index (χ1) is 7.54. The van der Waals surface area contributed by atoms with Gasteiger partial charge in [0.1, 0.15) is 0 Å². The SMILES string of the molecule is CCCCS(=O)(=O)NC1(CN)CCCCC1. The zero-order chi connectivity index (χ0) is 12.1. The van der Waals surface area contributed by atoms with Crippen LogP contribution in [-0.4, -0.2) is 26.3 Å². The van der Waals surface area contributed by atoms with Gasteiger partial charge >= 0.3 is 0 Å². The van der Waals surface area contributed by atoms with E-state index in [1.165, 1.54) is 6.42 Å². The summed E-state index contributed by atoms with van der Waals surface area (Å²) >= 11 is 0. The molecule has 1 rings (SSSR count). The van der Waals surface area contributed by atoms with Crippen molar-refractivity contribution in [2.45, 2.75) is 57.4 Å². The Hall–Kier alpha value is -0.130. The van der Waals surface area contributed by atoms with Crippen LogP contribution in [0.1, 0.15) is 51.9 Å². The Balaban J connectivity index is 2.61. The lowest BCUT2D eigenvalue weighted by atomic mass is 9.83. The second kappa shape index (κ2) is 5.98. The Morgan fingerprint density at radius 2 is 1.88 bits per heavy atom. The van der Waals surface area contributed by atoms with Crippen molar-refractivity contribution in [1.29, 1.82) is 0 Å². The van der Waals surface area contributed by atoms with Crippen molar-refractivity contribution in [2.75, 3.05) is 12.3 Å². The molecule has 1 aliphatic rings. The van der Waals surface area contributed by atoms with E-state index in [-0.39, 0.29) is 11.3 Å². The summed E-state index contributed by atoms with van der Waals surface area (Å²) < 4.78 is 26.6. The molecule has 3 N–H and O–H groups in total. The fraction of sp³-hybridized carbons (Fsp3) is 1.00. The Morgan fingerprint density at radius 3 is 2.38 bits per heavy atom. The van der Waals surface area contributed by atoms with Crippen LogP contribution in [0, 0.1) is 0 Å². The smallest absolute Gasteiger partial charge is 0.212 e. The first-order valence-corrected chi connectivity index (χ1v) is 7.90. The molecule has 0 bridgehead atoms. The molecule has 0 amide bonds. The molecule has 5 heteroatoms. The van der Waals surface area contributed by atoms with E-state index in [1.807, 2.05) is 6.92 Å². The van der Waals surface area contributed by atoms with Gasteiger partial charge in [-0.05, 0) is 19.3 Å². The van der Waals surface area contributed by atoms with Crippen LogP contribution in [0.3, 0.4) is 0 Å². The third kappa shape index (κ3) is 4.03. The lowest BCUT2D eigenvalue weighted by molar-refractivity contribution is 0.276. The number of unbranched alkanes of at least 4 members (excludes halogenated alkanes) is 1. The van der Waals surface area contributed by atoms with Crippen LogP contribution in [0.4, 0.5) is 0 Å². The molecule has 1 aliphatic carbocycles. The van der Waals surface area contributed by atoms with Crippen molar-refractivity contribution in [3.8, 4) is 0 Å². The van der Waals surface area contributed by atoms with Crippen LogP contribution < -0.4 is 10.5 Å². The van der Waals surface area contributed by atoms with Gasteiger partial charge in [0.2, 0.25) is 10.0 Å². The number of nitrogens with one attached hydrogen (secondary N) is 1. The van der Waals surface area contributed by atoms with Gasteiger partial charge in [-0.3, -0.25) is 0 Å². The van der Waals surface area contributed by atoms with Gasteiger partial charge in [-0.2, -0.15) is 0 Å². The molecule has 16 heavy (non-hydrogen) atoms. The topological polar surface area (TPSA) is 72.2 Å². The maximum Gasteiger partial charge on any atom is 0.212 e. The van der Waals surface area contributed by atoms with E-state index in [0.29, 0.717) is 6.54 Å². The standard InChI is InChI=1S/C11H24N2O2S/c1-2-3-9-16(14,15)13-11(10-12)7-5-4-6-8-11/h13H,2-10,12H2,1H3. The Morgan fingerprint density at radius 1 is 1.25 bits per heavy atom. The van der Waals surface area contributed by atoms with Crippen LogP contribution in [0.25, 0.3) is 0 Å². The average molecular weight is 248 g/mol. The maximum atomic E-state index is 11.9. The van der Waals surface area contributed by atoms with E-state index in [2.05, 4.69) is 4.72 Å². The molecular formula is C11H24N2O2S. The third-order valence-electron chi connectivity index (χ3n) is 3.34.